The molecular formula is C26H34N2O4. The fourth-order valence-electron chi connectivity index (χ4n) is 3.89. The molecule has 2 amide bonds. The monoisotopic (exact) mass is 438 g/mol. The lowest BCUT2D eigenvalue weighted by Crippen LogP contribution is -2.38. The summed E-state index contributed by atoms with van der Waals surface area (Å²) in [5, 5.41) is 0. The number of aryl methyl sites for hydroxylation is 1. The van der Waals surface area contributed by atoms with E-state index in [4.69, 9.17) is 9.47 Å². The third kappa shape index (κ3) is 6.74. The molecule has 0 atom stereocenters. The Morgan fingerprint density at radius 2 is 1.72 bits per heavy atom. The molecule has 2 aromatic rings. The van der Waals surface area contributed by atoms with E-state index in [0.29, 0.717) is 23.8 Å². The maximum Gasteiger partial charge on any atom is 0.259 e. The average Bonchev–Trinajstić information content (AvgIpc) is 2.82. The molecule has 0 saturated carbocycles. The van der Waals surface area contributed by atoms with Crippen LogP contribution in [0.15, 0.2) is 48.5 Å². The van der Waals surface area contributed by atoms with E-state index in [-0.39, 0.29) is 18.4 Å². The number of carbonyl (C=O) groups excluding carboxylic acids is 2. The van der Waals surface area contributed by atoms with E-state index in [0.717, 1.165) is 44.5 Å². The van der Waals surface area contributed by atoms with Crippen LogP contribution in [0.4, 0.5) is 0 Å². The van der Waals surface area contributed by atoms with Crippen molar-refractivity contribution in [2.24, 2.45) is 5.92 Å². The minimum absolute atomic E-state index is 0.0272. The largest absolute Gasteiger partial charge is 0.494 e. The highest BCUT2D eigenvalue weighted by molar-refractivity contribution is 5.94. The standard InChI is InChI=1S/C26H34N2O4/c1-4-31-23-12-10-20(11-13-23)8-9-21-14-16-28(17-15-21)26(30)22-6-5-7-24(18-22)32-19-25(29)27(2)3/h5-7,10-13,18,21H,4,8-9,14-17,19H2,1-3H3. The summed E-state index contributed by atoms with van der Waals surface area (Å²) >= 11 is 0. The van der Waals surface area contributed by atoms with Gasteiger partial charge >= 0.3 is 0 Å². The zero-order valence-electron chi connectivity index (χ0n) is 19.4. The van der Waals surface area contributed by atoms with Gasteiger partial charge in [-0.3, -0.25) is 9.59 Å². The fourth-order valence-corrected chi connectivity index (χ4v) is 3.89. The number of piperidine rings is 1. The third-order valence-electron chi connectivity index (χ3n) is 5.92. The lowest BCUT2D eigenvalue weighted by molar-refractivity contribution is -0.130. The molecule has 0 radical (unpaired) electrons. The highest BCUT2D eigenvalue weighted by Gasteiger charge is 2.24. The summed E-state index contributed by atoms with van der Waals surface area (Å²) in [4.78, 5) is 28.1. The van der Waals surface area contributed by atoms with Crippen molar-refractivity contribution in [2.75, 3.05) is 40.4 Å². The number of nitrogens with zero attached hydrogens (tertiary/aromatic N) is 2. The number of benzene rings is 2. The van der Waals surface area contributed by atoms with Gasteiger partial charge in [-0.15, -0.1) is 0 Å². The lowest BCUT2D eigenvalue weighted by Gasteiger charge is -2.32. The minimum atomic E-state index is -0.117. The van der Waals surface area contributed by atoms with E-state index >= 15 is 0 Å². The van der Waals surface area contributed by atoms with Crippen molar-refractivity contribution in [2.45, 2.75) is 32.6 Å². The van der Waals surface area contributed by atoms with Gasteiger partial charge < -0.3 is 19.3 Å². The number of hydrogen-bond acceptors (Lipinski definition) is 4. The normalized spacial score (nSPS) is 14.2. The second-order valence-electron chi connectivity index (χ2n) is 8.46. The molecule has 0 aromatic heterocycles. The molecule has 2 aromatic carbocycles. The number of likely N-dealkylation sites (tertiary alicyclic amines) is 1. The first kappa shape index (κ1) is 23.6. The predicted octanol–water partition coefficient (Wildman–Crippen LogP) is 4.04. The first-order valence-electron chi connectivity index (χ1n) is 11.4. The van der Waals surface area contributed by atoms with Crippen LogP contribution < -0.4 is 9.47 Å². The number of amides is 2. The Bertz CT molecular complexity index is 887. The summed E-state index contributed by atoms with van der Waals surface area (Å²) in [5.74, 6) is 2.00. The summed E-state index contributed by atoms with van der Waals surface area (Å²) < 4.78 is 11.1. The maximum absolute atomic E-state index is 13.0. The second kappa shape index (κ2) is 11.6. The van der Waals surface area contributed by atoms with Crippen molar-refractivity contribution in [1.29, 1.82) is 0 Å². The Kier molecular flexibility index (Phi) is 8.54. The molecule has 32 heavy (non-hydrogen) atoms. The van der Waals surface area contributed by atoms with Gasteiger partial charge in [-0.2, -0.15) is 0 Å². The number of likely N-dealkylation sites (N-methyl/N-ethyl adjacent to an activating group) is 1. The van der Waals surface area contributed by atoms with Gasteiger partial charge in [0.2, 0.25) is 0 Å². The summed E-state index contributed by atoms with van der Waals surface area (Å²) in [6, 6.07) is 15.5. The van der Waals surface area contributed by atoms with Gasteiger partial charge in [0, 0.05) is 32.7 Å². The first-order chi connectivity index (χ1) is 15.5. The van der Waals surface area contributed by atoms with Crippen LogP contribution in [0.3, 0.4) is 0 Å². The van der Waals surface area contributed by atoms with Gasteiger partial charge in [-0.05, 0) is 74.4 Å². The van der Waals surface area contributed by atoms with Gasteiger partial charge in [0.25, 0.3) is 11.8 Å². The highest BCUT2D eigenvalue weighted by Crippen LogP contribution is 2.25. The molecule has 1 saturated heterocycles. The van der Waals surface area contributed by atoms with Crippen molar-refractivity contribution in [1.82, 2.24) is 9.80 Å². The predicted molar refractivity (Wildman–Crippen MR) is 125 cm³/mol. The molecule has 1 aliphatic rings. The van der Waals surface area contributed by atoms with E-state index in [1.54, 1.807) is 38.4 Å². The maximum atomic E-state index is 13.0. The molecular weight excluding hydrogens is 404 g/mol. The highest BCUT2D eigenvalue weighted by atomic mass is 16.5. The van der Waals surface area contributed by atoms with Crippen molar-refractivity contribution in [3.8, 4) is 11.5 Å². The second-order valence-corrected chi connectivity index (χ2v) is 8.46. The molecule has 1 heterocycles. The van der Waals surface area contributed by atoms with E-state index in [2.05, 4.69) is 12.1 Å². The van der Waals surface area contributed by atoms with Crippen LogP contribution in [-0.4, -0.2) is 62.0 Å². The first-order valence-corrected chi connectivity index (χ1v) is 11.4. The fraction of sp³-hybridized carbons (Fsp3) is 0.462. The quantitative estimate of drug-likeness (QED) is 0.593. The Labute approximate surface area is 191 Å². The topological polar surface area (TPSA) is 59.1 Å². The van der Waals surface area contributed by atoms with Crippen molar-refractivity contribution >= 4 is 11.8 Å². The van der Waals surface area contributed by atoms with Crippen LogP contribution in [0, 0.1) is 5.92 Å². The summed E-state index contributed by atoms with van der Waals surface area (Å²) in [6.45, 7) is 4.19. The van der Waals surface area contributed by atoms with E-state index in [9.17, 15) is 9.59 Å². The molecule has 6 nitrogen and oxygen atoms in total. The van der Waals surface area contributed by atoms with E-state index < -0.39 is 0 Å². The average molecular weight is 439 g/mol. The smallest absolute Gasteiger partial charge is 0.259 e. The lowest BCUT2D eigenvalue weighted by atomic mass is 9.90. The van der Waals surface area contributed by atoms with Gasteiger partial charge in [-0.25, -0.2) is 0 Å². The molecule has 0 N–H and O–H groups in total. The van der Waals surface area contributed by atoms with Gasteiger partial charge in [0.05, 0.1) is 6.61 Å². The molecule has 0 spiro atoms. The molecule has 1 fully saturated rings. The van der Waals surface area contributed by atoms with Gasteiger partial charge in [-0.1, -0.05) is 18.2 Å². The van der Waals surface area contributed by atoms with Crippen LogP contribution in [0.25, 0.3) is 0 Å². The molecule has 0 aliphatic carbocycles. The number of rotatable bonds is 9. The van der Waals surface area contributed by atoms with Crippen LogP contribution >= 0.6 is 0 Å². The minimum Gasteiger partial charge on any atom is -0.494 e. The molecule has 0 bridgehead atoms. The van der Waals surface area contributed by atoms with Crippen LogP contribution in [0.5, 0.6) is 11.5 Å². The van der Waals surface area contributed by atoms with E-state index in [1.807, 2.05) is 24.0 Å². The Morgan fingerprint density at radius 1 is 1.00 bits per heavy atom. The number of carbonyl (C=O) groups is 2. The van der Waals surface area contributed by atoms with Crippen molar-refractivity contribution in [3.05, 3.63) is 59.7 Å². The van der Waals surface area contributed by atoms with E-state index in [1.165, 1.54) is 10.5 Å². The van der Waals surface area contributed by atoms with Crippen LogP contribution in [-0.2, 0) is 11.2 Å². The van der Waals surface area contributed by atoms with Crippen LogP contribution in [0.1, 0.15) is 42.1 Å². The van der Waals surface area contributed by atoms with Gasteiger partial charge in [0.1, 0.15) is 11.5 Å². The van der Waals surface area contributed by atoms with Crippen LogP contribution in [0.2, 0.25) is 0 Å². The molecule has 172 valence electrons. The zero-order valence-corrected chi connectivity index (χ0v) is 19.4. The summed E-state index contributed by atoms with van der Waals surface area (Å²) in [7, 11) is 3.38. The molecule has 6 heteroatoms. The van der Waals surface area contributed by atoms with Gasteiger partial charge in [0.15, 0.2) is 6.61 Å². The zero-order chi connectivity index (χ0) is 22.9. The number of hydrogen-bond donors (Lipinski definition) is 0. The third-order valence-corrected chi connectivity index (χ3v) is 5.92. The number of ether oxygens (including phenoxy) is 2. The van der Waals surface area contributed by atoms with Crippen molar-refractivity contribution in [3.63, 3.8) is 0 Å². The Morgan fingerprint density at radius 3 is 2.38 bits per heavy atom. The summed E-state index contributed by atoms with van der Waals surface area (Å²) in [5.41, 5.74) is 1.93. The Balaban J connectivity index is 1.46. The molecule has 3 rings (SSSR count). The molecule has 0 unspecified atom stereocenters. The SMILES string of the molecule is CCOc1ccc(CCC2CCN(C(=O)c3cccc(OCC(=O)N(C)C)c3)CC2)cc1. The summed E-state index contributed by atoms with van der Waals surface area (Å²) in [6.07, 6.45) is 4.24. The Hall–Kier alpha value is -3.02. The molecule has 1 aliphatic heterocycles. The van der Waals surface area contributed by atoms with Crippen molar-refractivity contribution < 1.29 is 19.1 Å².